The van der Waals surface area contributed by atoms with Gasteiger partial charge < -0.3 is 10.1 Å². The first-order valence-corrected chi connectivity index (χ1v) is 6.99. The molecule has 0 aromatic rings. The Balaban J connectivity index is 2.01. The highest BCUT2D eigenvalue weighted by molar-refractivity contribution is 7.99. The quantitative estimate of drug-likeness (QED) is 0.739. The molecule has 0 radical (unpaired) electrons. The molecule has 88 valence electrons. The van der Waals surface area contributed by atoms with E-state index in [4.69, 9.17) is 4.74 Å². The summed E-state index contributed by atoms with van der Waals surface area (Å²) in [5.41, 5.74) is 0. The molecule has 3 nitrogen and oxygen atoms in total. The van der Waals surface area contributed by atoms with Gasteiger partial charge in [-0.25, -0.2) is 4.79 Å². The fourth-order valence-electron chi connectivity index (χ4n) is 1.79. The van der Waals surface area contributed by atoms with Crippen molar-refractivity contribution in [2.45, 2.75) is 45.1 Å². The Morgan fingerprint density at radius 2 is 2.13 bits per heavy atom. The van der Waals surface area contributed by atoms with Gasteiger partial charge in [-0.15, -0.1) is 0 Å². The summed E-state index contributed by atoms with van der Waals surface area (Å²) < 4.78 is 5.08. The van der Waals surface area contributed by atoms with Crippen LogP contribution < -0.4 is 5.32 Å². The lowest BCUT2D eigenvalue weighted by molar-refractivity contribution is 0.146. The second-order valence-electron chi connectivity index (χ2n) is 3.81. The van der Waals surface area contributed by atoms with Gasteiger partial charge in [0.25, 0.3) is 0 Å². The molecule has 0 saturated heterocycles. The Hall–Kier alpha value is -0.380. The van der Waals surface area contributed by atoms with E-state index in [1.54, 1.807) is 11.8 Å². The van der Waals surface area contributed by atoms with Crippen LogP contribution in [0.2, 0.25) is 0 Å². The van der Waals surface area contributed by atoms with Crippen molar-refractivity contribution in [2.24, 2.45) is 0 Å². The molecule has 15 heavy (non-hydrogen) atoms. The molecule has 0 unspecified atom stereocenters. The van der Waals surface area contributed by atoms with Crippen LogP contribution in [0.25, 0.3) is 0 Å². The lowest BCUT2D eigenvalue weighted by Crippen LogP contribution is -2.36. The highest BCUT2D eigenvalue weighted by Crippen LogP contribution is 2.17. The third kappa shape index (κ3) is 5.92. The minimum absolute atomic E-state index is 0.237. The Morgan fingerprint density at radius 1 is 1.40 bits per heavy atom. The van der Waals surface area contributed by atoms with Crippen LogP contribution in [0.3, 0.4) is 0 Å². The van der Waals surface area contributed by atoms with Crippen molar-refractivity contribution in [2.75, 3.05) is 18.1 Å². The number of thioether (sulfide) groups is 1. The monoisotopic (exact) mass is 231 g/mol. The van der Waals surface area contributed by atoms with Crippen molar-refractivity contribution < 1.29 is 9.53 Å². The van der Waals surface area contributed by atoms with Crippen LogP contribution in [-0.2, 0) is 4.74 Å². The molecular weight excluding hydrogens is 210 g/mol. The molecule has 1 N–H and O–H groups in total. The van der Waals surface area contributed by atoms with Crippen molar-refractivity contribution >= 4 is 17.9 Å². The molecule has 1 rings (SSSR count). The Kier molecular flexibility index (Phi) is 6.64. The Bertz CT molecular complexity index is 181. The van der Waals surface area contributed by atoms with Gasteiger partial charge in [-0.3, -0.25) is 0 Å². The van der Waals surface area contributed by atoms with Crippen LogP contribution in [-0.4, -0.2) is 30.2 Å². The molecule has 0 heterocycles. The van der Waals surface area contributed by atoms with Crippen molar-refractivity contribution in [3.63, 3.8) is 0 Å². The maximum atomic E-state index is 11.3. The van der Waals surface area contributed by atoms with Crippen molar-refractivity contribution in [1.82, 2.24) is 5.32 Å². The molecule has 1 aliphatic carbocycles. The number of amides is 1. The van der Waals surface area contributed by atoms with E-state index in [-0.39, 0.29) is 6.09 Å². The third-order valence-corrected chi connectivity index (χ3v) is 3.46. The largest absolute Gasteiger partial charge is 0.449 e. The standard InChI is InChI=1S/C11H21NO2S/c1-2-15-9-8-14-11(13)12-10-6-4-3-5-7-10/h10H,2-9H2,1H3,(H,12,13). The zero-order chi connectivity index (χ0) is 10.9. The van der Waals surface area contributed by atoms with Crippen LogP contribution in [0.15, 0.2) is 0 Å². The van der Waals surface area contributed by atoms with Gasteiger partial charge in [-0.1, -0.05) is 26.2 Å². The van der Waals surface area contributed by atoms with Gasteiger partial charge in [0.1, 0.15) is 6.61 Å². The zero-order valence-electron chi connectivity index (χ0n) is 9.46. The molecule has 0 aromatic carbocycles. The highest BCUT2D eigenvalue weighted by Gasteiger charge is 2.15. The number of carbonyl (C=O) groups is 1. The van der Waals surface area contributed by atoms with E-state index in [9.17, 15) is 4.79 Å². The summed E-state index contributed by atoms with van der Waals surface area (Å²) in [5, 5.41) is 2.93. The van der Waals surface area contributed by atoms with Crippen LogP contribution in [0, 0.1) is 0 Å². The van der Waals surface area contributed by atoms with Gasteiger partial charge in [0.2, 0.25) is 0 Å². The smallest absolute Gasteiger partial charge is 0.407 e. The van der Waals surface area contributed by atoms with Crippen LogP contribution in [0.4, 0.5) is 4.79 Å². The first kappa shape index (κ1) is 12.7. The van der Waals surface area contributed by atoms with E-state index < -0.39 is 0 Å². The number of hydrogen-bond donors (Lipinski definition) is 1. The lowest BCUT2D eigenvalue weighted by Gasteiger charge is -2.22. The first-order chi connectivity index (χ1) is 7.33. The topological polar surface area (TPSA) is 38.3 Å². The highest BCUT2D eigenvalue weighted by atomic mass is 32.2. The second-order valence-corrected chi connectivity index (χ2v) is 5.21. The van der Waals surface area contributed by atoms with Crippen LogP contribution in [0.1, 0.15) is 39.0 Å². The zero-order valence-corrected chi connectivity index (χ0v) is 10.3. The molecule has 0 bridgehead atoms. The van der Waals surface area contributed by atoms with E-state index in [2.05, 4.69) is 12.2 Å². The predicted octanol–water partition coefficient (Wildman–Crippen LogP) is 2.80. The average Bonchev–Trinajstić information content (AvgIpc) is 2.26. The van der Waals surface area contributed by atoms with E-state index >= 15 is 0 Å². The summed E-state index contributed by atoms with van der Waals surface area (Å²) >= 11 is 1.79. The molecule has 1 aliphatic rings. The third-order valence-electron chi connectivity index (χ3n) is 2.59. The van der Waals surface area contributed by atoms with E-state index in [0.717, 1.165) is 24.3 Å². The fraction of sp³-hybridized carbons (Fsp3) is 0.909. The van der Waals surface area contributed by atoms with Gasteiger partial charge in [0.15, 0.2) is 0 Å². The van der Waals surface area contributed by atoms with Gasteiger partial charge in [0, 0.05) is 11.8 Å². The molecule has 0 aromatic heterocycles. The summed E-state index contributed by atoms with van der Waals surface area (Å²) in [7, 11) is 0. The molecule has 0 aliphatic heterocycles. The average molecular weight is 231 g/mol. The van der Waals surface area contributed by atoms with E-state index in [0.29, 0.717) is 12.6 Å². The number of ether oxygens (including phenoxy) is 1. The Labute approximate surface area is 96.3 Å². The van der Waals surface area contributed by atoms with Gasteiger partial charge >= 0.3 is 6.09 Å². The lowest BCUT2D eigenvalue weighted by atomic mass is 9.96. The normalized spacial score (nSPS) is 17.4. The van der Waals surface area contributed by atoms with Gasteiger partial charge in [-0.05, 0) is 18.6 Å². The number of nitrogens with one attached hydrogen (secondary N) is 1. The molecular formula is C11H21NO2S. The number of alkyl carbamates (subject to hydrolysis) is 1. The van der Waals surface area contributed by atoms with E-state index in [1.807, 2.05) is 0 Å². The molecule has 1 amide bonds. The SMILES string of the molecule is CCSCCOC(=O)NC1CCCCC1. The molecule has 1 fully saturated rings. The number of hydrogen-bond acceptors (Lipinski definition) is 3. The molecule has 0 spiro atoms. The number of carbonyl (C=O) groups excluding carboxylic acids is 1. The predicted molar refractivity (Wildman–Crippen MR) is 64.4 cm³/mol. The Morgan fingerprint density at radius 3 is 2.80 bits per heavy atom. The van der Waals surface area contributed by atoms with E-state index in [1.165, 1.54) is 19.3 Å². The summed E-state index contributed by atoms with van der Waals surface area (Å²) in [5.74, 6) is 1.97. The number of rotatable bonds is 5. The first-order valence-electron chi connectivity index (χ1n) is 5.84. The maximum Gasteiger partial charge on any atom is 0.407 e. The van der Waals surface area contributed by atoms with Gasteiger partial charge in [0.05, 0.1) is 0 Å². The summed E-state index contributed by atoms with van der Waals surface area (Å²) in [6, 6.07) is 0.352. The molecule has 4 heteroatoms. The maximum absolute atomic E-state index is 11.3. The minimum atomic E-state index is -0.237. The van der Waals surface area contributed by atoms with Crippen LogP contribution >= 0.6 is 11.8 Å². The van der Waals surface area contributed by atoms with Crippen molar-refractivity contribution in [1.29, 1.82) is 0 Å². The van der Waals surface area contributed by atoms with Gasteiger partial charge in [-0.2, -0.15) is 11.8 Å². The summed E-state index contributed by atoms with van der Waals surface area (Å²) in [6.45, 7) is 2.63. The van der Waals surface area contributed by atoms with Crippen molar-refractivity contribution in [3.8, 4) is 0 Å². The van der Waals surface area contributed by atoms with Crippen LogP contribution in [0.5, 0.6) is 0 Å². The fourth-order valence-corrected chi connectivity index (χ4v) is 2.28. The second kappa shape index (κ2) is 7.85. The molecule has 1 saturated carbocycles. The minimum Gasteiger partial charge on any atom is -0.449 e. The summed E-state index contributed by atoms with van der Waals surface area (Å²) in [4.78, 5) is 11.3. The summed E-state index contributed by atoms with van der Waals surface area (Å²) in [6.07, 6.45) is 5.75. The molecule has 0 atom stereocenters. The van der Waals surface area contributed by atoms with Crippen molar-refractivity contribution in [3.05, 3.63) is 0 Å².